The van der Waals surface area contributed by atoms with Crippen molar-refractivity contribution in [3.05, 3.63) is 30.1 Å². The summed E-state index contributed by atoms with van der Waals surface area (Å²) in [4.78, 5) is 16.1. The first-order valence-corrected chi connectivity index (χ1v) is 5.71. The van der Waals surface area contributed by atoms with Gasteiger partial charge in [0.15, 0.2) is 0 Å². The molecular formula is C13H17NO3. The van der Waals surface area contributed by atoms with Crippen molar-refractivity contribution in [1.29, 1.82) is 0 Å². The summed E-state index contributed by atoms with van der Waals surface area (Å²) < 4.78 is 10.1. The lowest BCUT2D eigenvalue weighted by molar-refractivity contribution is -0.148. The van der Waals surface area contributed by atoms with E-state index in [1.54, 1.807) is 6.20 Å². The molecule has 0 radical (unpaired) electrons. The number of carbonyl (C=O) groups is 1. The maximum atomic E-state index is 11.8. The SMILES string of the molecule is COC(=O)C(CC1(C)COC1)c1ccccn1. The highest BCUT2D eigenvalue weighted by molar-refractivity contribution is 5.77. The minimum atomic E-state index is -0.296. The van der Waals surface area contributed by atoms with Gasteiger partial charge < -0.3 is 9.47 Å². The molecule has 92 valence electrons. The minimum absolute atomic E-state index is 0.0659. The van der Waals surface area contributed by atoms with Gasteiger partial charge in [0.25, 0.3) is 0 Å². The number of methoxy groups -OCH3 is 1. The molecule has 0 aromatic carbocycles. The zero-order valence-electron chi connectivity index (χ0n) is 10.2. The van der Waals surface area contributed by atoms with Crippen LogP contribution in [0.15, 0.2) is 24.4 Å². The Bertz CT molecular complexity index is 387. The first-order valence-electron chi connectivity index (χ1n) is 5.71. The topological polar surface area (TPSA) is 48.4 Å². The zero-order chi connectivity index (χ0) is 12.3. The van der Waals surface area contributed by atoms with Crippen molar-refractivity contribution in [2.24, 2.45) is 5.41 Å². The summed E-state index contributed by atoms with van der Waals surface area (Å²) in [7, 11) is 1.41. The summed E-state index contributed by atoms with van der Waals surface area (Å²) in [5, 5.41) is 0. The number of carbonyl (C=O) groups excluding carboxylic acids is 1. The van der Waals surface area contributed by atoms with Crippen LogP contribution in [0.1, 0.15) is 25.0 Å². The fourth-order valence-corrected chi connectivity index (χ4v) is 2.09. The van der Waals surface area contributed by atoms with E-state index in [4.69, 9.17) is 9.47 Å². The van der Waals surface area contributed by atoms with Gasteiger partial charge in [-0.3, -0.25) is 9.78 Å². The van der Waals surface area contributed by atoms with Gasteiger partial charge in [0.1, 0.15) is 0 Å². The number of rotatable bonds is 4. The highest BCUT2D eigenvalue weighted by Crippen LogP contribution is 2.37. The number of esters is 1. The minimum Gasteiger partial charge on any atom is -0.469 e. The van der Waals surface area contributed by atoms with E-state index in [-0.39, 0.29) is 17.3 Å². The number of hydrogen-bond acceptors (Lipinski definition) is 4. The molecule has 4 nitrogen and oxygen atoms in total. The Morgan fingerprint density at radius 1 is 1.59 bits per heavy atom. The Morgan fingerprint density at radius 3 is 2.82 bits per heavy atom. The second-order valence-electron chi connectivity index (χ2n) is 4.84. The van der Waals surface area contributed by atoms with E-state index in [0.717, 1.165) is 12.1 Å². The smallest absolute Gasteiger partial charge is 0.314 e. The first-order chi connectivity index (χ1) is 8.14. The van der Waals surface area contributed by atoms with E-state index in [2.05, 4.69) is 11.9 Å². The monoisotopic (exact) mass is 235 g/mol. The molecular weight excluding hydrogens is 218 g/mol. The number of pyridine rings is 1. The molecule has 2 heterocycles. The van der Waals surface area contributed by atoms with Crippen LogP contribution in [0.5, 0.6) is 0 Å². The van der Waals surface area contributed by atoms with Gasteiger partial charge in [-0.15, -0.1) is 0 Å². The second kappa shape index (κ2) is 4.84. The molecule has 0 N–H and O–H groups in total. The van der Waals surface area contributed by atoms with Crippen LogP contribution in [0, 0.1) is 5.41 Å². The predicted octanol–water partition coefficient (Wildman–Crippen LogP) is 1.76. The molecule has 1 aliphatic rings. The second-order valence-corrected chi connectivity index (χ2v) is 4.84. The van der Waals surface area contributed by atoms with E-state index >= 15 is 0 Å². The highest BCUT2D eigenvalue weighted by Gasteiger charge is 2.39. The van der Waals surface area contributed by atoms with Gasteiger partial charge >= 0.3 is 5.97 Å². The number of nitrogens with zero attached hydrogens (tertiary/aromatic N) is 1. The standard InChI is InChI=1S/C13H17NO3/c1-13(8-17-9-13)7-10(12(15)16-2)11-5-3-4-6-14-11/h3-6,10H,7-9H2,1-2H3. The van der Waals surface area contributed by atoms with Crippen molar-refractivity contribution in [1.82, 2.24) is 4.98 Å². The third kappa shape index (κ3) is 2.64. The maximum absolute atomic E-state index is 11.8. The molecule has 0 spiro atoms. The summed E-state index contributed by atoms with van der Waals surface area (Å²) >= 11 is 0. The molecule has 2 rings (SSSR count). The van der Waals surface area contributed by atoms with Crippen molar-refractivity contribution < 1.29 is 14.3 Å². The van der Waals surface area contributed by atoms with Gasteiger partial charge in [0.2, 0.25) is 0 Å². The predicted molar refractivity (Wildman–Crippen MR) is 62.5 cm³/mol. The number of ether oxygens (including phenoxy) is 2. The van der Waals surface area contributed by atoms with Crippen molar-refractivity contribution in [3.8, 4) is 0 Å². The maximum Gasteiger partial charge on any atom is 0.314 e. The van der Waals surface area contributed by atoms with Crippen LogP contribution in [-0.4, -0.2) is 31.3 Å². The summed E-state index contributed by atoms with van der Waals surface area (Å²) in [6, 6.07) is 5.59. The Labute approximate surface area is 101 Å². The Kier molecular flexibility index (Phi) is 3.43. The molecule has 0 bridgehead atoms. The molecule has 1 unspecified atom stereocenters. The van der Waals surface area contributed by atoms with Crippen LogP contribution >= 0.6 is 0 Å². The largest absolute Gasteiger partial charge is 0.469 e. The van der Waals surface area contributed by atoms with Crippen molar-refractivity contribution in [2.75, 3.05) is 20.3 Å². The van der Waals surface area contributed by atoms with E-state index in [0.29, 0.717) is 13.2 Å². The molecule has 4 heteroatoms. The number of aromatic nitrogens is 1. The molecule has 0 saturated carbocycles. The van der Waals surface area contributed by atoms with Gasteiger partial charge in [-0.05, 0) is 18.6 Å². The average Bonchev–Trinajstić information content (AvgIpc) is 2.34. The van der Waals surface area contributed by atoms with E-state index in [1.165, 1.54) is 7.11 Å². The van der Waals surface area contributed by atoms with Crippen LogP contribution in [0.4, 0.5) is 0 Å². The van der Waals surface area contributed by atoms with E-state index in [9.17, 15) is 4.79 Å². The Morgan fingerprint density at radius 2 is 2.35 bits per heavy atom. The third-order valence-electron chi connectivity index (χ3n) is 3.13. The Balaban J connectivity index is 2.17. The summed E-state index contributed by atoms with van der Waals surface area (Å²) in [6.45, 7) is 3.52. The van der Waals surface area contributed by atoms with Gasteiger partial charge in [-0.1, -0.05) is 13.0 Å². The van der Waals surface area contributed by atoms with Crippen LogP contribution in [-0.2, 0) is 14.3 Å². The van der Waals surface area contributed by atoms with Gasteiger partial charge in [-0.2, -0.15) is 0 Å². The molecule has 0 aliphatic carbocycles. The normalized spacial score (nSPS) is 19.2. The molecule has 1 fully saturated rings. The van der Waals surface area contributed by atoms with Crippen molar-refractivity contribution in [3.63, 3.8) is 0 Å². The first kappa shape index (κ1) is 12.0. The van der Waals surface area contributed by atoms with Gasteiger partial charge in [0, 0.05) is 11.6 Å². The van der Waals surface area contributed by atoms with Crippen LogP contribution in [0.2, 0.25) is 0 Å². The third-order valence-corrected chi connectivity index (χ3v) is 3.13. The van der Waals surface area contributed by atoms with Crippen molar-refractivity contribution >= 4 is 5.97 Å². The summed E-state index contributed by atoms with van der Waals surface area (Å²) in [6.07, 6.45) is 2.42. The van der Waals surface area contributed by atoms with Crippen LogP contribution < -0.4 is 0 Å². The quantitative estimate of drug-likeness (QED) is 0.746. The van der Waals surface area contributed by atoms with Gasteiger partial charge in [0.05, 0.1) is 31.9 Å². The van der Waals surface area contributed by atoms with E-state index < -0.39 is 0 Å². The van der Waals surface area contributed by atoms with Crippen LogP contribution in [0.25, 0.3) is 0 Å². The zero-order valence-corrected chi connectivity index (χ0v) is 10.2. The summed E-state index contributed by atoms with van der Waals surface area (Å²) in [5.41, 5.74) is 0.837. The molecule has 17 heavy (non-hydrogen) atoms. The lowest BCUT2D eigenvalue weighted by atomic mass is 9.78. The fourth-order valence-electron chi connectivity index (χ4n) is 2.09. The fraction of sp³-hybridized carbons (Fsp3) is 0.538. The summed E-state index contributed by atoms with van der Waals surface area (Å²) in [5.74, 6) is -0.521. The molecule has 1 aromatic rings. The molecule has 1 aliphatic heterocycles. The van der Waals surface area contributed by atoms with Crippen molar-refractivity contribution in [2.45, 2.75) is 19.3 Å². The molecule has 1 aromatic heterocycles. The lowest BCUT2D eigenvalue weighted by Gasteiger charge is -2.39. The highest BCUT2D eigenvalue weighted by atomic mass is 16.5. The lowest BCUT2D eigenvalue weighted by Crippen LogP contribution is -2.42. The molecule has 1 atom stereocenters. The van der Waals surface area contributed by atoms with Gasteiger partial charge in [-0.25, -0.2) is 0 Å². The molecule has 0 amide bonds. The molecule has 1 saturated heterocycles. The number of hydrogen-bond donors (Lipinski definition) is 0. The Hall–Kier alpha value is -1.42. The average molecular weight is 235 g/mol. The van der Waals surface area contributed by atoms with Crippen LogP contribution in [0.3, 0.4) is 0 Å². The van der Waals surface area contributed by atoms with E-state index in [1.807, 2.05) is 18.2 Å².